The van der Waals surface area contributed by atoms with Gasteiger partial charge in [0.05, 0.1) is 7.11 Å². The first kappa shape index (κ1) is 14.2. The summed E-state index contributed by atoms with van der Waals surface area (Å²) in [5.74, 6) is 1.62. The largest absolute Gasteiger partial charge is 0.497 e. The van der Waals surface area contributed by atoms with Gasteiger partial charge < -0.3 is 10.5 Å². The van der Waals surface area contributed by atoms with Crippen LogP contribution in [0.4, 0.5) is 5.69 Å². The van der Waals surface area contributed by atoms with E-state index >= 15 is 0 Å². The molecule has 1 aromatic carbocycles. The Kier molecular flexibility index (Phi) is 4.70. The van der Waals surface area contributed by atoms with Crippen molar-refractivity contribution in [3.8, 4) is 5.75 Å². The number of hydrogen-bond acceptors (Lipinski definition) is 3. The van der Waals surface area contributed by atoms with Crippen molar-refractivity contribution in [3.63, 3.8) is 0 Å². The summed E-state index contributed by atoms with van der Waals surface area (Å²) in [6.45, 7) is 6.74. The molecule has 1 aliphatic carbocycles. The highest BCUT2D eigenvalue weighted by molar-refractivity contribution is 5.47. The normalized spacial score (nSPS) is 15.2. The fourth-order valence-electron chi connectivity index (χ4n) is 2.38. The minimum Gasteiger partial charge on any atom is -0.497 e. The molecule has 19 heavy (non-hydrogen) atoms. The molecule has 106 valence electrons. The van der Waals surface area contributed by atoms with E-state index in [0.717, 1.165) is 29.9 Å². The van der Waals surface area contributed by atoms with Crippen molar-refractivity contribution in [3.05, 3.63) is 23.8 Å². The van der Waals surface area contributed by atoms with Crippen LogP contribution < -0.4 is 10.5 Å². The molecule has 0 saturated heterocycles. The molecule has 0 aliphatic heterocycles. The fourth-order valence-corrected chi connectivity index (χ4v) is 2.38. The van der Waals surface area contributed by atoms with Crippen LogP contribution in [0.5, 0.6) is 5.75 Å². The van der Waals surface area contributed by atoms with Crippen molar-refractivity contribution in [2.45, 2.75) is 45.7 Å². The zero-order valence-corrected chi connectivity index (χ0v) is 12.4. The summed E-state index contributed by atoms with van der Waals surface area (Å²) in [4.78, 5) is 2.59. The van der Waals surface area contributed by atoms with E-state index in [1.54, 1.807) is 7.11 Å². The average Bonchev–Trinajstić information content (AvgIpc) is 3.17. The molecule has 0 radical (unpaired) electrons. The van der Waals surface area contributed by atoms with Crippen LogP contribution in [0.15, 0.2) is 18.2 Å². The van der Waals surface area contributed by atoms with E-state index < -0.39 is 0 Å². The van der Waals surface area contributed by atoms with Crippen molar-refractivity contribution < 1.29 is 4.74 Å². The third-order valence-corrected chi connectivity index (χ3v) is 3.67. The van der Waals surface area contributed by atoms with Gasteiger partial charge in [0.15, 0.2) is 0 Å². The maximum atomic E-state index is 5.93. The summed E-state index contributed by atoms with van der Waals surface area (Å²) in [7, 11) is 1.69. The summed E-state index contributed by atoms with van der Waals surface area (Å²) in [5, 5.41) is 0. The Morgan fingerprint density at radius 1 is 1.32 bits per heavy atom. The highest BCUT2D eigenvalue weighted by Crippen LogP contribution is 2.30. The summed E-state index contributed by atoms with van der Waals surface area (Å²) in [6, 6.07) is 6.82. The first-order valence-electron chi connectivity index (χ1n) is 7.26. The zero-order chi connectivity index (χ0) is 13.8. The second-order valence-corrected chi connectivity index (χ2v) is 6.00. The Morgan fingerprint density at radius 3 is 2.63 bits per heavy atom. The lowest BCUT2D eigenvalue weighted by molar-refractivity contribution is 0.239. The molecule has 3 nitrogen and oxygen atoms in total. The smallest absolute Gasteiger partial charge is 0.121 e. The van der Waals surface area contributed by atoms with Crippen molar-refractivity contribution >= 4 is 5.69 Å². The SMILES string of the molecule is COc1cc(N)cc(CN(CCC(C)C)C2CC2)c1. The number of nitrogen functional groups attached to an aromatic ring is 1. The molecule has 0 aromatic heterocycles. The minimum absolute atomic E-state index is 0.761. The number of methoxy groups -OCH3 is 1. The molecule has 2 rings (SSSR count). The van der Waals surface area contributed by atoms with Crippen LogP contribution in [-0.4, -0.2) is 24.6 Å². The number of nitrogens with two attached hydrogens (primary N) is 1. The van der Waals surface area contributed by atoms with Crippen LogP contribution in [0.25, 0.3) is 0 Å². The molecular weight excluding hydrogens is 236 g/mol. The molecule has 0 amide bonds. The molecule has 1 aliphatic rings. The number of benzene rings is 1. The van der Waals surface area contributed by atoms with Gasteiger partial charge in [0, 0.05) is 24.3 Å². The Morgan fingerprint density at radius 2 is 2.05 bits per heavy atom. The molecular formula is C16H26N2O. The fraction of sp³-hybridized carbons (Fsp3) is 0.625. The summed E-state index contributed by atoms with van der Waals surface area (Å²) in [5.41, 5.74) is 7.97. The lowest BCUT2D eigenvalue weighted by Crippen LogP contribution is -2.27. The molecule has 1 fully saturated rings. The van der Waals surface area contributed by atoms with Crippen molar-refractivity contribution in [2.75, 3.05) is 19.4 Å². The average molecular weight is 262 g/mol. The van der Waals surface area contributed by atoms with Crippen molar-refractivity contribution in [2.24, 2.45) is 5.92 Å². The maximum Gasteiger partial charge on any atom is 0.121 e. The summed E-state index contributed by atoms with van der Waals surface area (Å²) in [6.07, 6.45) is 3.95. The van der Waals surface area contributed by atoms with Gasteiger partial charge in [-0.05, 0) is 49.4 Å². The number of hydrogen-bond donors (Lipinski definition) is 1. The van der Waals surface area contributed by atoms with E-state index in [9.17, 15) is 0 Å². The minimum atomic E-state index is 0.761. The van der Waals surface area contributed by atoms with Crippen molar-refractivity contribution in [1.29, 1.82) is 0 Å². The molecule has 1 aromatic rings. The molecule has 0 heterocycles. The van der Waals surface area contributed by atoms with E-state index in [1.165, 1.54) is 31.4 Å². The first-order chi connectivity index (χ1) is 9.08. The molecule has 0 bridgehead atoms. The predicted octanol–water partition coefficient (Wildman–Crippen LogP) is 3.29. The monoisotopic (exact) mass is 262 g/mol. The topological polar surface area (TPSA) is 38.5 Å². The lowest BCUT2D eigenvalue weighted by atomic mass is 10.1. The summed E-state index contributed by atoms with van der Waals surface area (Å²) < 4.78 is 5.29. The van der Waals surface area contributed by atoms with Crippen LogP contribution >= 0.6 is 0 Å². The van der Waals surface area contributed by atoms with Gasteiger partial charge >= 0.3 is 0 Å². The number of rotatable bonds is 7. The lowest BCUT2D eigenvalue weighted by Gasteiger charge is -2.23. The Labute approximate surface area is 116 Å². The highest BCUT2D eigenvalue weighted by Gasteiger charge is 2.28. The van der Waals surface area contributed by atoms with Gasteiger partial charge in [0.2, 0.25) is 0 Å². The molecule has 1 saturated carbocycles. The molecule has 0 unspecified atom stereocenters. The Bertz CT molecular complexity index is 413. The van der Waals surface area contributed by atoms with E-state index in [1.807, 2.05) is 6.07 Å². The first-order valence-corrected chi connectivity index (χ1v) is 7.26. The van der Waals surface area contributed by atoms with E-state index in [4.69, 9.17) is 10.5 Å². The predicted molar refractivity (Wildman–Crippen MR) is 80.3 cm³/mol. The second kappa shape index (κ2) is 6.29. The third-order valence-electron chi connectivity index (χ3n) is 3.67. The van der Waals surface area contributed by atoms with Crippen LogP contribution in [0.3, 0.4) is 0 Å². The second-order valence-electron chi connectivity index (χ2n) is 6.00. The van der Waals surface area contributed by atoms with Crippen LogP contribution in [0, 0.1) is 5.92 Å². The maximum absolute atomic E-state index is 5.93. The van der Waals surface area contributed by atoms with Crippen molar-refractivity contribution in [1.82, 2.24) is 4.90 Å². The standard InChI is InChI=1S/C16H26N2O/c1-12(2)6-7-18(15-4-5-15)11-13-8-14(17)10-16(9-13)19-3/h8-10,12,15H,4-7,11,17H2,1-3H3. The van der Waals surface area contributed by atoms with Crippen LogP contribution in [0.2, 0.25) is 0 Å². The van der Waals surface area contributed by atoms with Gasteiger partial charge in [0.25, 0.3) is 0 Å². The highest BCUT2D eigenvalue weighted by atomic mass is 16.5. The quantitative estimate of drug-likeness (QED) is 0.766. The van der Waals surface area contributed by atoms with E-state index in [-0.39, 0.29) is 0 Å². The summed E-state index contributed by atoms with van der Waals surface area (Å²) >= 11 is 0. The third kappa shape index (κ3) is 4.43. The number of ether oxygens (including phenoxy) is 1. The zero-order valence-electron chi connectivity index (χ0n) is 12.4. The molecule has 2 N–H and O–H groups in total. The Hall–Kier alpha value is -1.22. The van der Waals surface area contributed by atoms with Crippen LogP contribution in [-0.2, 0) is 6.54 Å². The van der Waals surface area contributed by atoms with Gasteiger partial charge in [-0.25, -0.2) is 0 Å². The van der Waals surface area contributed by atoms with Gasteiger partial charge in [-0.1, -0.05) is 13.8 Å². The number of anilines is 1. The van der Waals surface area contributed by atoms with Gasteiger partial charge in [0.1, 0.15) is 5.75 Å². The molecule has 0 spiro atoms. The molecule has 3 heteroatoms. The van der Waals surface area contributed by atoms with Gasteiger partial charge in [-0.2, -0.15) is 0 Å². The van der Waals surface area contributed by atoms with Gasteiger partial charge in [-0.15, -0.1) is 0 Å². The van der Waals surface area contributed by atoms with Gasteiger partial charge in [-0.3, -0.25) is 4.90 Å². The molecule has 0 atom stereocenters. The number of nitrogens with zero attached hydrogens (tertiary/aromatic N) is 1. The van der Waals surface area contributed by atoms with E-state index in [0.29, 0.717) is 0 Å². The van der Waals surface area contributed by atoms with E-state index in [2.05, 4.69) is 30.9 Å². The Balaban J connectivity index is 2.01. The van der Waals surface area contributed by atoms with Crippen LogP contribution in [0.1, 0.15) is 38.7 Å².